The minimum absolute atomic E-state index is 0.692. The Bertz CT molecular complexity index is 207. The molecule has 0 aromatic carbocycles. The Kier molecular flexibility index (Phi) is 1.92. The molecule has 0 radical (unpaired) electrons. The van der Waals surface area contributed by atoms with E-state index >= 15 is 0 Å². The van der Waals surface area contributed by atoms with Gasteiger partial charge in [-0.15, -0.1) is 0 Å². The lowest BCUT2D eigenvalue weighted by atomic mass is 10.1. The molecule has 2 heteroatoms. The lowest BCUT2D eigenvalue weighted by molar-refractivity contribution is 0.990. The van der Waals surface area contributed by atoms with Crippen molar-refractivity contribution in [3.8, 4) is 6.07 Å². The lowest BCUT2D eigenvalue weighted by Gasteiger charge is -2.00. The van der Waals surface area contributed by atoms with E-state index in [1.165, 1.54) is 0 Å². The van der Waals surface area contributed by atoms with Crippen LogP contribution in [-0.4, -0.2) is 0 Å². The highest BCUT2D eigenvalue weighted by Gasteiger charge is 2.00. The molecular formula is C7H6ClN. The van der Waals surface area contributed by atoms with E-state index in [4.69, 9.17) is 16.9 Å². The lowest BCUT2D eigenvalue weighted by Crippen LogP contribution is -1.84. The summed E-state index contributed by atoms with van der Waals surface area (Å²) in [6.07, 6.45) is 5.37. The quantitative estimate of drug-likeness (QED) is 0.506. The summed E-state index contributed by atoms with van der Waals surface area (Å²) in [6, 6.07) is 2.07. The summed E-state index contributed by atoms with van der Waals surface area (Å²) < 4.78 is 0. The molecule has 1 aliphatic carbocycles. The smallest absolute Gasteiger partial charge is 0.0947 e. The van der Waals surface area contributed by atoms with E-state index in [0.29, 0.717) is 5.03 Å². The molecule has 0 fully saturated rings. The van der Waals surface area contributed by atoms with Gasteiger partial charge in [0.1, 0.15) is 0 Å². The number of hydrogen-bond donors (Lipinski definition) is 0. The zero-order chi connectivity index (χ0) is 6.69. The van der Waals surface area contributed by atoms with Crippen LogP contribution in [-0.2, 0) is 0 Å². The molecule has 0 aromatic heterocycles. The topological polar surface area (TPSA) is 23.8 Å². The van der Waals surface area contributed by atoms with Crippen molar-refractivity contribution in [2.75, 3.05) is 0 Å². The van der Waals surface area contributed by atoms with Crippen molar-refractivity contribution in [1.82, 2.24) is 0 Å². The van der Waals surface area contributed by atoms with Gasteiger partial charge in [-0.05, 0) is 18.9 Å². The molecule has 0 bridgehead atoms. The Morgan fingerprint density at radius 1 is 1.67 bits per heavy atom. The van der Waals surface area contributed by atoms with Crippen molar-refractivity contribution < 1.29 is 0 Å². The van der Waals surface area contributed by atoms with Gasteiger partial charge in [0, 0.05) is 10.6 Å². The van der Waals surface area contributed by atoms with Crippen LogP contribution in [0.4, 0.5) is 0 Å². The summed E-state index contributed by atoms with van der Waals surface area (Å²) in [5.41, 5.74) is 0.780. The third-order valence-electron chi connectivity index (χ3n) is 1.21. The molecular weight excluding hydrogens is 134 g/mol. The van der Waals surface area contributed by atoms with Gasteiger partial charge in [-0.25, -0.2) is 0 Å². The monoisotopic (exact) mass is 139 g/mol. The maximum atomic E-state index is 8.40. The molecule has 0 amide bonds. The molecule has 0 atom stereocenters. The third-order valence-corrected chi connectivity index (χ3v) is 1.47. The number of nitrogens with zero attached hydrogens (tertiary/aromatic N) is 1. The Labute approximate surface area is 59.2 Å². The van der Waals surface area contributed by atoms with E-state index < -0.39 is 0 Å². The Morgan fingerprint density at radius 2 is 2.44 bits per heavy atom. The van der Waals surface area contributed by atoms with Crippen LogP contribution in [0, 0.1) is 11.3 Å². The third kappa shape index (κ3) is 1.58. The highest BCUT2D eigenvalue weighted by atomic mass is 35.5. The van der Waals surface area contributed by atoms with Gasteiger partial charge in [0.2, 0.25) is 0 Å². The average Bonchev–Trinajstić information content (AvgIpc) is 1.88. The van der Waals surface area contributed by atoms with Crippen LogP contribution in [0.1, 0.15) is 12.8 Å². The van der Waals surface area contributed by atoms with Gasteiger partial charge in [0.05, 0.1) is 6.07 Å². The van der Waals surface area contributed by atoms with E-state index in [2.05, 4.69) is 6.07 Å². The van der Waals surface area contributed by atoms with Crippen molar-refractivity contribution in [3.05, 3.63) is 22.8 Å². The second-order valence-electron chi connectivity index (χ2n) is 1.91. The number of hydrogen-bond acceptors (Lipinski definition) is 1. The summed E-state index contributed by atoms with van der Waals surface area (Å²) in [7, 11) is 0. The van der Waals surface area contributed by atoms with Crippen LogP contribution in [0.15, 0.2) is 22.8 Å². The van der Waals surface area contributed by atoms with Gasteiger partial charge in [-0.2, -0.15) is 5.26 Å². The number of rotatable bonds is 0. The molecule has 0 N–H and O–H groups in total. The molecule has 1 rings (SSSR count). The summed E-state index contributed by atoms with van der Waals surface area (Å²) in [6.45, 7) is 0. The zero-order valence-corrected chi connectivity index (χ0v) is 5.65. The highest BCUT2D eigenvalue weighted by molar-refractivity contribution is 6.31. The molecule has 0 saturated heterocycles. The molecule has 0 heterocycles. The molecule has 0 aromatic rings. The predicted molar refractivity (Wildman–Crippen MR) is 36.9 cm³/mol. The summed E-state index contributed by atoms with van der Waals surface area (Å²) in [5.74, 6) is 0. The molecule has 0 aliphatic heterocycles. The standard InChI is InChI=1S/C7H6ClN/c8-7-3-1-2-6(4-7)5-9/h3-4H,1-2H2. The molecule has 1 aliphatic rings. The number of halogens is 1. The molecule has 46 valence electrons. The fraction of sp³-hybridized carbons (Fsp3) is 0.286. The van der Waals surface area contributed by atoms with Crippen LogP contribution in [0.25, 0.3) is 0 Å². The summed E-state index contributed by atoms with van der Waals surface area (Å²) >= 11 is 5.62. The van der Waals surface area contributed by atoms with Crippen LogP contribution < -0.4 is 0 Å². The SMILES string of the molecule is N#CC1=CC(Cl)=CCC1. The minimum atomic E-state index is 0.692. The average molecular weight is 140 g/mol. The van der Waals surface area contributed by atoms with E-state index in [0.717, 1.165) is 18.4 Å². The van der Waals surface area contributed by atoms with E-state index in [9.17, 15) is 0 Å². The van der Waals surface area contributed by atoms with E-state index in [1.807, 2.05) is 6.08 Å². The van der Waals surface area contributed by atoms with Crippen LogP contribution in [0.2, 0.25) is 0 Å². The number of nitriles is 1. The maximum Gasteiger partial charge on any atom is 0.0947 e. The van der Waals surface area contributed by atoms with Gasteiger partial charge in [0.15, 0.2) is 0 Å². The van der Waals surface area contributed by atoms with Crippen molar-refractivity contribution in [2.45, 2.75) is 12.8 Å². The maximum absolute atomic E-state index is 8.40. The Morgan fingerprint density at radius 3 is 2.89 bits per heavy atom. The van der Waals surface area contributed by atoms with Crippen LogP contribution in [0.5, 0.6) is 0 Å². The fourth-order valence-corrected chi connectivity index (χ4v) is 0.992. The first-order chi connectivity index (χ1) is 4.33. The fourth-order valence-electron chi connectivity index (χ4n) is 0.751. The second-order valence-corrected chi connectivity index (χ2v) is 2.35. The van der Waals surface area contributed by atoms with Gasteiger partial charge in [0.25, 0.3) is 0 Å². The highest BCUT2D eigenvalue weighted by Crippen LogP contribution is 2.18. The normalized spacial score (nSPS) is 17.8. The van der Waals surface area contributed by atoms with Crippen LogP contribution >= 0.6 is 11.6 Å². The number of allylic oxidation sites excluding steroid dienone is 4. The zero-order valence-electron chi connectivity index (χ0n) is 4.89. The molecule has 9 heavy (non-hydrogen) atoms. The molecule has 0 spiro atoms. The summed E-state index contributed by atoms with van der Waals surface area (Å²) in [5, 5.41) is 9.10. The molecule has 0 saturated carbocycles. The van der Waals surface area contributed by atoms with Crippen molar-refractivity contribution in [2.24, 2.45) is 0 Å². The van der Waals surface area contributed by atoms with Gasteiger partial charge >= 0.3 is 0 Å². The molecule has 1 nitrogen and oxygen atoms in total. The first-order valence-electron chi connectivity index (χ1n) is 2.79. The minimum Gasteiger partial charge on any atom is -0.193 e. The van der Waals surface area contributed by atoms with Crippen molar-refractivity contribution in [3.63, 3.8) is 0 Å². The predicted octanol–water partition coefficient (Wildman–Crippen LogP) is 2.35. The first kappa shape index (κ1) is 6.38. The van der Waals surface area contributed by atoms with E-state index in [-0.39, 0.29) is 0 Å². The first-order valence-corrected chi connectivity index (χ1v) is 3.17. The van der Waals surface area contributed by atoms with Gasteiger partial charge < -0.3 is 0 Å². The molecule has 0 unspecified atom stereocenters. The summed E-state index contributed by atoms with van der Waals surface area (Å²) in [4.78, 5) is 0. The van der Waals surface area contributed by atoms with Crippen molar-refractivity contribution in [1.29, 1.82) is 5.26 Å². The van der Waals surface area contributed by atoms with Gasteiger partial charge in [-0.1, -0.05) is 17.7 Å². The Balaban J connectivity index is 2.78. The second kappa shape index (κ2) is 2.70. The van der Waals surface area contributed by atoms with Gasteiger partial charge in [-0.3, -0.25) is 0 Å². The largest absolute Gasteiger partial charge is 0.193 e. The Hall–Kier alpha value is -0.740. The van der Waals surface area contributed by atoms with Crippen molar-refractivity contribution >= 4 is 11.6 Å². The van der Waals surface area contributed by atoms with Crippen LogP contribution in [0.3, 0.4) is 0 Å². The van der Waals surface area contributed by atoms with E-state index in [1.54, 1.807) is 6.08 Å².